The van der Waals surface area contributed by atoms with Crippen LogP contribution in [-0.4, -0.2) is 12.6 Å². The Labute approximate surface area is 184 Å². The van der Waals surface area contributed by atoms with Crippen molar-refractivity contribution in [2.45, 2.75) is 110 Å². The van der Waals surface area contributed by atoms with E-state index >= 15 is 0 Å². The summed E-state index contributed by atoms with van der Waals surface area (Å²) in [5, 5.41) is 0. The number of ether oxygens (including phenoxy) is 2. The highest BCUT2D eigenvalue weighted by molar-refractivity contribution is 5.72. The van der Waals surface area contributed by atoms with E-state index in [1.165, 1.54) is 57.8 Å². The van der Waals surface area contributed by atoms with Crippen LogP contribution in [0.4, 0.5) is 0 Å². The van der Waals surface area contributed by atoms with Crippen LogP contribution in [0, 0.1) is 11.8 Å². The summed E-state index contributed by atoms with van der Waals surface area (Å²) >= 11 is 0. The first-order valence-corrected chi connectivity index (χ1v) is 12.6. The average molecular weight is 417 g/mol. The summed E-state index contributed by atoms with van der Waals surface area (Å²) in [7, 11) is 0. The number of hydrogen-bond acceptors (Lipinski definition) is 3. The van der Waals surface area contributed by atoms with Crippen LogP contribution in [0.5, 0.6) is 5.75 Å². The van der Waals surface area contributed by atoms with E-state index in [1.54, 1.807) is 0 Å². The summed E-state index contributed by atoms with van der Waals surface area (Å²) in [6, 6.07) is 8.11. The lowest BCUT2D eigenvalue weighted by Gasteiger charge is -2.28. The molecule has 0 aromatic heterocycles. The maximum absolute atomic E-state index is 12.8. The van der Waals surface area contributed by atoms with Crippen molar-refractivity contribution < 1.29 is 14.3 Å². The fraction of sp³-hybridized carbons (Fsp3) is 0.741. The third-order valence-electron chi connectivity index (χ3n) is 6.54. The Bertz CT molecular complexity index is 572. The lowest BCUT2D eigenvalue weighted by atomic mass is 9.80. The summed E-state index contributed by atoms with van der Waals surface area (Å²) in [4.78, 5) is 12.8. The van der Waals surface area contributed by atoms with Gasteiger partial charge in [0, 0.05) is 0 Å². The maximum atomic E-state index is 12.8. The molecule has 1 aromatic carbocycles. The van der Waals surface area contributed by atoms with Crippen LogP contribution in [0.15, 0.2) is 24.3 Å². The molecule has 1 fully saturated rings. The Hall–Kier alpha value is -1.51. The molecule has 3 heteroatoms. The zero-order chi connectivity index (χ0) is 21.6. The molecular weight excluding hydrogens is 372 g/mol. The molecule has 30 heavy (non-hydrogen) atoms. The zero-order valence-corrected chi connectivity index (χ0v) is 19.7. The van der Waals surface area contributed by atoms with Gasteiger partial charge in [0.05, 0.1) is 12.5 Å². The second-order valence-electron chi connectivity index (χ2n) is 9.03. The molecule has 2 rings (SSSR count). The first-order chi connectivity index (χ1) is 14.7. The molecule has 0 amide bonds. The highest BCUT2D eigenvalue weighted by atomic mass is 16.5. The van der Waals surface area contributed by atoms with E-state index in [4.69, 9.17) is 9.47 Å². The van der Waals surface area contributed by atoms with Crippen LogP contribution in [0.2, 0.25) is 0 Å². The van der Waals surface area contributed by atoms with Crippen molar-refractivity contribution in [2.75, 3.05) is 6.61 Å². The summed E-state index contributed by atoms with van der Waals surface area (Å²) in [6.45, 7) is 7.33. The Morgan fingerprint density at radius 1 is 0.900 bits per heavy atom. The van der Waals surface area contributed by atoms with E-state index in [9.17, 15) is 4.79 Å². The smallest absolute Gasteiger partial charge is 0.309 e. The Morgan fingerprint density at radius 3 is 2.20 bits per heavy atom. The van der Waals surface area contributed by atoms with E-state index in [-0.39, 0.29) is 18.0 Å². The van der Waals surface area contributed by atoms with Crippen molar-refractivity contribution in [2.24, 2.45) is 11.8 Å². The van der Waals surface area contributed by atoms with Gasteiger partial charge in [-0.1, -0.05) is 77.8 Å². The van der Waals surface area contributed by atoms with Crippen molar-refractivity contribution in [3.05, 3.63) is 29.8 Å². The largest absolute Gasteiger partial charge is 0.494 e. The third-order valence-corrected chi connectivity index (χ3v) is 6.54. The van der Waals surface area contributed by atoms with E-state index in [1.807, 2.05) is 24.3 Å². The molecule has 3 nitrogen and oxygen atoms in total. The highest BCUT2D eigenvalue weighted by Crippen LogP contribution is 2.34. The van der Waals surface area contributed by atoms with Gasteiger partial charge in [-0.2, -0.15) is 0 Å². The molecule has 0 radical (unpaired) electrons. The van der Waals surface area contributed by atoms with Gasteiger partial charge in [0.15, 0.2) is 0 Å². The van der Waals surface area contributed by atoms with Crippen LogP contribution in [0.3, 0.4) is 0 Å². The molecule has 1 aliphatic rings. The number of carbonyl (C=O) groups excluding carboxylic acids is 1. The minimum Gasteiger partial charge on any atom is -0.494 e. The van der Waals surface area contributed by atoms with Crippen molar-refractivity contribution >= 4 is 5.97 Å². The number of hydrogen-bond donors (Lipinski definition) is 0. The van der Waals surface area contributed by atoms with Crippen molar-refractivity contribution in [1.29, 1.82) is 0 Å². The fourth-order valence-electron chi connectivity index (χ4n) is 4.49. The summed E-state index contributed by atoms with van der Waals surface area (Å²) < 4.78 is 11.8. The van der Waals surface area contributed by atoms with Crippen molar-refractivity contribution in [3.63, 3.8) is 0 Å². The monoisotopic (exact) mass is 416 g/mol. The molecule has 0 bridgehead atoms. The molecule has 0 aliphatic heterocycles. The first kappa shape index (κ1) is 24.8. The lowest BCUT2D eigenvalue weighted by Crippen LogP contribution is -2.25. The van der Waals surface area contributed by atoms with Gasteiger partial charge in [-0.25, -0.2) is 0 Å². The van der Waals surface area contributed by atoms with E-state index in [2.05, 4.69) is 20.8 Å². The molecule has 1 unspecified atom stereocenters. The molecule has 1 aromatic rings. The summed E-state index contributed by atoms with van der Waals surface area (Å²) in [5.41, 5.74) is 1.07. The van der Waals surface area contributed by atoms with Crippen LogP contribution in [0.25, 0.3) is 0 Å². The molecular formula is C27H44O3. The standard InChI is InChI=1S/C27H44O3/c1-4-7-9-11-21-29-25-19-17-23(18-20-25)26(6-3)30-27(28)24-15-13-22(14-16-24)12-10-8-5-2/h17-20,22,24,26H,4-16,21H2,1-3H3. The second-order valence-corrected chi connectivity index (χ2v) is 9.03. The van der Waals surface area contributed by atoms with Crippen molar-refractivity contribution in [3.8, 4) is 5.75 Å². The van der Waals surface area contributed by atoms with Crippen LogP contribution < -0.4 is 4.74 Å². The highest BCUT2D eigenvalue weighted by Gasteiger charge is 2.28. The Balaban J connectivity index is 1.76. The maximum Gasteiger partial charge on any atom is 0.309 e. The van der Waals surface area contributed by atoms with Gasteiger partial charge in [0.25, 0.3) is 0 Å². The van der Waals surface area contributed by atoms with Crippen molar-refractivity contribution in [1.82, 2.24) is 0 Å². The molecule has 170 valence electrons. The molecule has 0 saturated heterocycles. The van der Waals surface area contributed by atoms with Crippen LogP contribution in [-0.2, 0) is 9.53 Å². The Morgan fingerprint density at radius 2 is 1.57 bits per heavy atom. The predicted octanol–water partition coefficient (Wildman–Crippen LogP) is 8.03. The second kappa shape index (κ2) is 14.5. The van der Waals surface area contributed by atoms with Gasteiger partial charge in [0.1, 0.15) is 11.9 Å². The first-order valence-electron chi connectivity index (χ1n) is 12.6. The van der Waals surface area contributed by atoms with Crippen LogP contribution >= 0.6 is 0 Å². The number of rotatable bonds is 14. The van der Waals surface area contributed by atoms with E-state index in [0.717, 1.165) is 49.5 Å². The quantitative estimate of drug-likeness (QED) is 0.227. The normalized spacial score (nSPS) is 20.0. The predicted molar refractivity (Wildman–Crippen MR) is 125 cm³/mol. The molecule has 0 spiro atoms. The Kier molecular flexibility index (Phi) is 12.0. The number of esters is 1. The molecule has 0 N–H and O–H groups in total. The SMILES string of the molecule is CCCCCCOc1ccc(C(CC)OC(=O)C2CCC(CCCCC)CC2)cc1. The topological polar surface area (TPSA) is 35.5 Å². The molecule has 0 heterocycles. The van der Waals surface area contributed by atoms with Gasteiger partial charge in [-0.15, -0.1) is 0 Å². The summed E-state index contributed by atoms with van der Waals surface area (Å²) in [5.74, 6) is 1.81. The van der Waals surface area contributed by atoms with Gasteiger partial charge in [-0.05, 0) is 62.1 Å². The number of carbonyl (C=O) groups is 1. The number of benzene rings is 1. The van der Waals surface area contributed by atoms with Gasteiger partial charge in [0.2, 0.25) is 0 Å². The van der Waals surface area contributed by atoms with E-state index < -0.39 is 0 Å². The third kappa shape index (κ3) is 8.70. The van der Waals surface area contributed by atoms with Crippen LogP contribution in [0.1, 0.15) is 116 Å². The lowest BCUT2D eigenvalue weighted by molar-refractivity contribution is -0.156. The molecule has 1 saturated carbocycles. The average Bonchev–Trinajstić information content (AvgIpc) is 2.78. The zero-order valence-electron chi connectivity index (χ0n) is 19.7. The fourth-order valence-corrected chi connectivity index (χ4v) is 4.49. The molecule has 1 aliphatic carbocycles. The number of unbranched alkanes of at least 4 members (excludes halogenated alkanes) is 5. The minimum atomic E-state index is -0.154. The van der Waals surface area contributed by atoms with Gasteiger partial charge >= 0.3 is 5.97 Å². The molecule has 1 atom stereocenters. The summed E-state index contributed by atoms with van der Waals surface area (Å²) in [6.07, 6.45) is 15.1. The minimum absolute atomic E-state index is 0.00473. The van der Waals surface area contributed by atoms with Gasteiger partial charge < -0.3 is 9.47 Å². The van der Waals surface area contributed by atoms with Gasteiger partial charge in [-0.3, -0.25) is 4.79 Å². The van der Waals surface area contributed by atoms with E-state index in [0.29, 0.717) is 0 Å².